The van der Waals surface area contributed by atoms with E-state index in [1.807, 2.05) is 110 Å². The van der Waals surface area contributed by atoms with Gasteiger partial charge < -0.3 is 0 Å². The highest BCUT2D eigenvalue weighted by Crippen LogP contribution is 2.43. The largest absolute Gasteiger partial charge is 0.275 e. The monoisotopic (exact) mass is 500 g/mol. The van der Waals surface area contributed by atoms with Crippen molar-refractivity contribution in [1.29, 1.82) is 0 Å². The lowest BCUT2D eigenvalue weighted by Gasteiger charge is -2.40. The Bertz CT molecular complexity index is 1490. The van der Waals surface area contributed by atoms with E-state index in [1.165, 1.54) is 0 Å². The lowest BCUT2D eigenvalue weighted by atomic mass is 10.0. The minimum atomic E-state index is -0.622. The van der Waals surface area contributed by atoms with Gasteiger partial charge in [0.2, 0.25) is 5.91 Å². The van der Waals surface area contributed by atoms with Crippen molar-refractivity contribution in [3.05, 3.63) is 143 Å². The summed E-state index contributed by atoms with van der Waals surface area (Å²) in [4.78, 5) is 27.8. The summed E-state index contributed by atoms with van der Waals surface area (Å²) >= 11 is 0. The number of benzene rings is 4. The molecular formula is C32H28N4O2. The summed E-state index contributed by atoms with van der Waals surface area (Å²) in [7, 11) is 0. The van der Waals surface area contributed by atoms with Gasteiger partial charge in [0.05, 0.1) is 18.3 Å². The summed E-state index contributed by atoms with van der Waals surface area (Å²) < 4.78 is 0. The lowest BCUT2D eigenvalue weighted by molar-refractivity contribution is -0.146. The number of carbonyl (C=O) groups excluding carboxylic acids is 2. The van der Waals surface area contributed by atoms with Gasteiger partial charge in [-0.2, -0.15) is 10.1 Å². The summed E-state index contributed by atoms with van der Waals surface area (Å²) in [5, 5.41) is 10.4. The van der Waals surface area contributed by atoms with Crippen LogP contribution in [0.4, 0.5) is 0 Å². The Morgan fingerprint density at radius 1 is 0.789 bits per heavy atom. The third-order valence-electron chi connectivity index (χ3n) is 7.13. The minimum Gasteiger partial charge on any atom is -0.273 e. The number of hydrazone groups is 1. The smallest absolute Gasteiger partial charge is 0.273 e. The van der Waals surface area contributed by atoms with Crippen molar-refractivity contribution in [2.45, 2.75) is 25.6 Å². The summed E-state index contributed by atoms with van der Waals surface area (Å²) in [6.45, 7) is 2.30. The van der Waals surface area contributed by atoms with Gasteiger partial charge in [0.25, 0.3) is 5.91 Å². The Hall–Kier alpha value is -4.55. The second-order valence-corrected chi connectivity index (χ2v) is 9.68. The third-order valence-corrected chi connectivity index (χ3v) is 7.13. The summed E-state index contributed by atoms with van der Waals surface area (Å²) in [5.74, 6) is -0.216. The number of hydrogen-bond acceptors (Lipinski definition) is 4. The van der Waals surface area contributed by atoms with Gasteiger partial charge in [-0.1, -0.05) is 109 Å². The van der Waals surface area contributed by atoms with Crippen molar-refractivity contribution in [3.63, 3.8) is 0 Å². The number of amides is 2. The molecule has 1 fully saturated rings. The van der Waals surface area contributed by atoms with Gasteiger partial charge in [-0.3, -0.25) is 14.6 Å². The van der Waals surface area contributed by atoms with Crippen LogP contribution in [0.5, 0.6) is 0 Å². The maximum atomic E-state index is 14.2. The van der Waals surface area contributed by atoms with Crippen molar-refractivity contribution in [2.24, 2.45) is 5.10 Å². The molecular weight excluding hydrogens is 472 g/mol. The van der Waals surface area contributed by atoms with Gasteiger partial charge in [0.1, 0.15) is 0 Å². The van der Waals surface area contributed by atoms with Crippen LogP contribution in [0.15, 0.2) is 120 Å². The van der Waals surface area contributed by atoms with E-state index in [1.54, 1.807) is 22.2 Å². The fourth-order valence-electron chi connectivity index (χ4n) is 5.31. The van der Waals surface area contributed by atoms with Gasteiger partial charge >= 0.3 is 0 Å². The number of nitrogens with zero attached hydrogens (tertiary/aromatic N) is 4. The molecule has 188 valence electrons. The van der Waals surface area contributed by atoms with E-state index in [9.17, 15) is 9.59 Å². The van der Waals surface area contributed by atoms with Crippen molar-refractivity contribution in [1.82, 2.24) is 15.0 Å². The zero-order valence-corrected chi connectivity index (χ0v) is 21.1. The first-order valence-corrected chi connectivity index (χ1v) is 12.8. The molecule has 6 heteroatoms. The predicted molar refractivity (Wildman–Crippen MR) is 147 cm³/mol. The first kappa shape index (κ1) is 23.8. The van der Waals surface area contributed by atoms with E-state index in [4.69, 9.17) is 5.10 Å². The van der Waals surface area contributed by atoms with Crippen LogP contribution in [-0.2, 0) is 4.79 Å². The Balaban J connectivity index is 1.57. The second-order valence-electron chi connectivity index (χ2n) is 9.68. The second kappa shape index (κ2) is 10.1. The Labute approximate surface area is 222 Å². The molecule has 4 aromatic rings. The summed E-state index contributed by atoms with van der Waals surface area (Å²) in [5.41, 5.74) is 5.09. The van der Waals surface area contributed by atoms with Crippen LogP contribution >= 0.6 is 0 Å². The van der Waals surface area contributed by atoms with Gasteiger partial charge in [0, 0.05) is 12.0 Å². The van der Waals surface area contributed by atoms with E-state index in [-0.39, 0.29) is 24.4 Å². The maximum absolute atomic E-state index is 14.2. The van der Waals surface area contributed by atoms with Crippen molar-refractivity contribution in [3.8, 4) is 0 Å². The molecule has 0 radical (unpaired) electrons. The fraction of sp³-hybridized carbons (Fsp3) is 0.156. The topological polar surface area (TPSA) is 56.2 Å². The van der Waals surface area contributed by atoms with Gasteiger partial charge in [-0.25, -0.2) is 5.01 Å². The SMILES string of the molecule is Cc1cccc(C2=NN(C(=O)c3ccccc3)[C@H](c3ccccc3)N3[C@H](c4ccccc4)CC(=O)N3C2)c1. The predicted octanol–water partition coefficient (Wildman–Crippen LogP) is 5.74. The lowest BCUT2D eigenvalue weighted by Crippen LogP contribution is -2.48. The number of rotatable bonds is 4. The number of carbonyl (C=O) groups is 2. The third kappa shape index (κ3) is 4.40. The fourth-order valence-corrected chi connectivity index (χ4v) is 5.31. The highest BCUT2D eigenvalue weighted by molar-refractivity contribution is 6.05. The molecule has 4 aromatic carbocycles. The molecule has 2 aliphatic rings. The summed E-state index contributed by atoms with van der Waals surface area (Å²) in [6.07, 6.45) is -0.301. The van der Waals surface area contributed by atoms with Crippen LogP contribution in [0.1, 0.15) is 51.2 Å². The molecule has 0 bridgehead atoms. The Morgan fingerprint density at radius 2 is 1.42 bits per heavy atom. The standard InChI is InChI=1S/C32H28N4O2/c1-23-12-11-19-27(20-23)28-22-34-30(37)21-29(24-13-5-2-6-14-24)36(34)31(25-15-7-3-8-16-25)35(33-28)32(38)26-17-9-4-10-18-26/h2-20,29,31H,21-22H2,1H3/t29-,31-/m0/s1. The molecule has 0 saturated carbocycles. The molecule has 6 nitrogen and oxygen atoms in total. The van der Waals surface area contributed by atoms with E-state index < -0.39 is 6.17 Å². The average Bonchev–Trinajstić information content (AvgIpc) is 3.17. The van der Waals surface area contributed by atoms with Crippen LogP contribution in [-0.4, -0.2) is 39.1 Å². The zero-order chi connectivity index (χ0) is 26.1. The van der Waals surface area contributed by atoms with Crippen LogP contribution in [0.25, 0.3) is 0 Å². The van der Waals surface area contributed by atoms with Crippen LogP contribution in [0.3, 0.4) is 0 Å². The quantitative estimate of drug-likeness (QED) is 0.359. The normalized spacial score (nSPS) is 19.6. The summed E-state index contributed by atoms with van der Waals surface area (Å²) in [6, 6.07) is 36.9. The maximum Gasteiger partial charge on any atom is 0.275 e. The van der Waals surface area contributed by atoms with Gasteiger partial charge in [-0.15, -0.1) is 0 Å². The molecule has 0 unspecified atom stereocenters. The van der Waals surface area contributed by atoms with E-state index >= 15 is 0 Å². The zero-order valence-electron chi connectivity index (χ0n) is 21.1. The first-order valence-electron chi connectivity index (χ1n) is 12.8. The van der Waals surface area contributed by atoms with Gasteiger partial charge in [0.15, 0.2) is 6.17 Å². The number of hydrazine groups is 1. The number of aryl methyl sites for hydroxylation is 1. The Kier molecular flexibility index (Phi) is 6.32. The molecule has 1 saturated heterocycles. The van der Waals surface area contributed by atoms with E-state index in [0.717, 1.165) is 22.3 Å². The molecule has 0 aliphatic carbocycles. The van der Waals surface area contributed by atoms with Crippen molar-refractivity contribution in [2.75, 3.05) is 6.54 Å². The molecule has 2 atom stereocenters. The first-order chi connectivity index (χ1) is 18.6. The number of hydrogen-bond donors (Lipinski definition) is 0. The van der Waals surface area contributed by atoms with Crippen LogP contribution in [0, 0.1) is 6.92 Å². The van der Waals surface area contributed by atoms with E-state index in [0.29, 0.717) is 17.7 Å². The molecule has 2 heterocycles. The van der Waals surface area contributed by atoms with Gasteiger partial charge in [-0.05, 0) is 35.7 Å². The highest BCUT2D eigenvalue weighted by atomic mass is 16.2. The average molecular weight is 501 g/mol. The van der Waals surface area contributed by atoms with E-state index in [2.05, 4.69) is 5.01 Å². The molecule has 0 aromatic heterocycles. The molecule has 2 amide bonds. The van der Waals surface area contributed by atoms with Crippen LogP contribution in [0.2, 0.25) is 0 Å². The van der Waals surface area contributed by atoms with Crippen molar-refractivity contribution >= 4 is 17.5 Å². The van der Waals surface area contributed by atoms with Crippen molar-refractivity contribution < 1.29 is 9.59 Å². The van der Waals surface area contributed by atoms with Crippen LogP contribution < -0.4 is 0 Å². The molecule has 6 rings (SSSR count). The minimum absolute atomic E-state index is 0.00847. The Morgan fingerprint density at radius 3 is 2.08 bits per heavy atom. The molecule has 0 spiro atoms. The highest BCUT2D eigenvalue weighted by Gasteiger charge is 2.48. The molecule has 0 N–H and O–H groups in total. The molecule has 38 heavy (non-hydrogen) atoms. The number of fused-ring (bicyclic) bond motifs is 1. The molecule has 2 aliphatic heterocycles.